The summed E-state index contributed by atoms with van der Waals surface area (Å²) in [6, 6.07) is 11.0. The highest BCUT2D eigenvalue weighted by molar-refractivity contribution is 5.88. The van der Waals surface area contributed by atoms with Gasteiger partial charge in [0.25, 0.3) is 5.89 Å². The lowest BCUT2D eigenvalue weighted by Gasteiger charge is -2.18. The maximum atomic E-state index is 11.5. The second kappa shape index (κ2) is 11.5. The van der Waals surface area contributed by atoms with Crippen LogP contribution in [0.2, 0.25) is 0 Å². The van der Waals surface area contributed by atoms with Crippen molar-refractivity contribution in [3.8, 4) is 45.7 Å². The van der Waals surface area contributed by atoms with Crippen molar-refractivity contribution in [3.05, 3.63) is 59.9 Å². The average Bonchev–Trinajstić information content (AvgIpc) is 3.35. The zero-order chi connectivity index (χ0) is 25.5. The van der Waals surface area contributed by atoms with E-state index < -0.39 is 5.88 Å². The minimum atomic E-state index is -0.395. The van der Waals surface area contributed by atoms with Gasteiger partial charge in [-0.3, -0.25) is 4.98 Å². The van der Waals surface area contributed by atoms with Gasteiger partial charge in [0.1, 0.15) is 22.8 Å². The van der Waals surface area contributed by atoms with Crippen molar-refractivity contribution in [1.82, 2.24) is 25.5 Å². The second-order valence-electron chi connectivity index (χ2n) is 8.05. The van der Waals surface area contributed by atoms with Crippen molar-refractivity contribution in [3.63, 3.8) is 0 Å². The van der Waals surface area contributed by atoms with Gasteiger partial charge in [-0.2, -0.15) is 0 Å². The average molecular weight is 492 g/mol. The first kappa shape index (κ1) is 24.9. The number of nitrogens with one attached hydrogen (secondary N) is 1. The number of methoxy groups -OCH3 is 2. The highest BCUT2D eigenvalue weighted by atomic mass is 16.5. The number of benzene rings is 1. The topological polar surface area (TPSA) is 136 Å². The van der Waals surface area contributed by atoms with Gasteiger partial charge < -0.3 is 29.4 Å². The number of hydrogen-bond donors (Lipinski definition) is 3. The monoisotopic (exact) mass is 491 g/mol. The van der Waals surface area contributed by atoms with Gasteiger partial charge in [0.05, 0.1) is 43.3 Å². The molecule has 0 amide bonds. The number of pyridine rings is 2. The summed E-state index contributed by atoms with van der Waals surface area (Å²) in [6.45, 7) is 2.85. The van der Waals surface area contributed by atoms with E-state index in [1.807, 2.05) is 18.2 Å². The van der Waals surface area contributed by atoms with Crippen LogP contribution < -0.4 is 14.8 Å². The molecule has 0 fully saturated rings. The number of nitrogens with zero attached hydrogens (tertiary/aromatic N) is 4. The lowest BCUT2D eigenvalue weighted by atomic mass is 9.95. The smallest absolute Gasteiger partial charge is 0.257 e. The van der Waals surface area contributed by atoms with Crippen LogP contribution in [0.4, 0.5) is 0 Å². The van der Waals surface area contributed by atoms with E-state index in [2.05, 4.69) is 32.4 Å². The zero-order valence-corrected chi connectivity index (χ0v) is 20.5. The van der Waals surface area contributed by atoms with Crippen molar-refractivity contribution in [2.45, 2.75) is 39.3 Å². The minimum Gasteiger partial charge on any atom is -0.506 e. The largest absolute Gasteiger partial charge is 0.506 e. The summed E-state index contributed by atoms with van der Waals surface area (Å²) < 4.78 is 16.9. The quantitative estimate of drug-likeness (QED) is 0.279. The Morgan fingerprint density at radius 1 is 0.917 bits per heavy atom. The molecular weight excluding hydrogens is 462 g/mol. The molecule has 188 valence electrons. The highest BCUT2D eigenvalue weighted by Gasteiger charge is 2.28. The lowest BCUT2D eigenvalue weighted by Crippen LogP contribution is -2.13. The molecule has 0 aliphatic carbocycles. The molecule has 3 heterocycles. The third-order valence-electron chi connectivity index (χ3n) is 5.66. The van der Waals surface area contributed by atoms with Crippen molar-refractivity contribution >= 4 is 0 Å². The summed E-state index contributed by atoms with van der Waals surface area (Å²) in [5.74, 6) is 0.577. The molecule has 0 saturated heterocycles. The summed E-state index contributed by atoms with van der Waals surface area (Å²) in [5.41, 5.74) is 2.24. The van der Waals surface area contributed by atoms with Gasteiger partial charge in [-0.15, -0.1) is 10.2 Å². The summed E-state index contributed by atoms with van der Waals surface area (Å²) in [5, 5.41) is 33.5. The Morgan fingerprint density at radius 3 is 2.36 bits per heavy atom. The molecule has 10 nitrogen and oxygen atoms in total. The Kier molecular flexibility index (Phi) is 7.96. The highest BCUT2D eigenvalue weighted by Crippen LogP contribution is 2.49. The SMILES string of the molecule is CCCCc1nc(O)c(-c2nnc(CNCc3ccccn3)o2)c(O)c1-c1c(OC)cccc1OC. The molecule has 36 heavy (non-hydrogen) atoms. The van der Waals surface area contributed by atoms with Crippen LogP contribution in [-0.4, -0.2) is 44.6 Å². The molecule has 0 aliphatic rings. The second-order valence-corrected chi connectivity index (χ2v) is 8.05. The normalized spacial score (nSPS) is 11.0. The molecule has 0 unspecified atom stereocenters. The van der Waals surface area contributed by atoms with Crippen molar-refractivity contribution in [2.24, 2.45) is 0 Å². The summed E-state index contributed by atoms with van der Waals surface area (Å²) >= 11 is 0. The van der Waals surface area contributed by atoms with Gasteiger partial charge in [-0.05, 0) is 37.1 Å². The Bertz CT molecular complexity index is 1290. The first-order chi connectivity index (χ1) is 17.6. The maximum absolute atomic E-state index is 11.5. The van der Waals surface area contributed by atoms with Gasteiger partial charge in [-0.25, -0.2) is 4.98 Å². The van der Waals surface area contributed by atoms with Gasteiger partial charge in [-0.1, -0.05) is 25.5 Å². The zero-order valence-electron chi connectivity index (χ0n) is 20.5. The van der Waals surface area contributed by atoms with Crippen LogP contribution in [0.15, 0.2) is 47.0 Å². The van der Waals surface area contributed by atoms with Crippen LogP contribution in [0.5, 0.6) is 23.1 Å². The predicted molar refractivity (Wildman–Crippen MR) is 133 cm³/mol. The van der Waals surface area contributed by atoms with Crippen molar-refractivity contribution < 1.29 is 24.1 Å². The Morgan fingerprint density at radius 2 is 1.69 bits per heavy atom. The molecule has 0 aliphatic heterocycles. The van der Waals surface area contributed by atoms with Gasteiger partial charge in [0.15, 0.2) is 0 Å². The number of aromatic hydroxyl groups is 2. The van der Waals surface area contributed by atoms with Crippen LogP contribution in [-0.2, 0) is 19.5 Å². The number of ether oxygens (including phenoxy) is 2. The molecular formula is C26H29N5O5. The van der Waals surface area contributed by atoms with Crippen LogP contribution >= 0.6 is 0 Å². The number of aryl methyl sites for hydroxylation is 1. The van der Waals surface area contributed by atoms with E-state index in [9.17, 15) is 10.2 Å². The lowest BCUT2D eigenvalue weighted by molar-refractivity contribution is 0.395. The van der Waals surface area contributed by atoms with Crippen molar-refractivity contribution in [2.75, 3.05) is 14.2 Å². The third kappa shape index (κ3) is 5.23. The fourth-order valence-corrected chi connectivity index (χ4v) is 3.92. The fraction of sp³-hybridized carbons (Fsp3) is 0.308. The Balaban J connectivity index is 1.73. The van der Waals surface area contributed by atoms with E-state index in [0.717, 1.165) is 18.5 Å². The van der Waals surface area contributed by atoms with Gasteiger partial charge in [0.2, 0.25) is 11.8 Å². The first-order valence-corrected chi connectivity index (χ1v) is 11.7. The molecule has 0 spiro atoms. The van der Waals surface area contributed by atoms with Gasteiger partial charge in [0, 0.05) is 12.7 Å². The standard InChI is InChI=1S/C26H29N5O5/c1-4-5-10-17-21(22-18(34-2)11-8-12-19(22)35-3)24(32)23(25(33)29-17)26-31-30-20(36-26)15-27-14-16-9-6-7-13-28-16/h6-9,11-13,27H,4-5,10,14-15H2,1-3H3,(H2,29,32,33). The Labute approximate surface area is 209 Å². The van der Waals surface area contributed by atoms with Crippen molar-refractivity contribution in [1.29, 1.82) is 0 Å². The molecule has 10 heteroatoms. The number of aromatic nitrogens is 4. The molecule has 4 rings (SSSR count). The molecule has 0 radical (unpaired) electrons. The third-order valence-corrected chi connectivity index (χ3v) is 5.66. The minimum absolute atomic E-state index is 0.0516. The maximum Gasteiger partial charge on any atom is 0.257 e. The van der Waals surface area contributed by atoms with E-state index in [-0.39, 0.29) is 29.6 Å². The first-order valence-electron chi connectivity index (χ1n) is 11.7. The predicted octanol–water partition coefficient (Wildman–Crippen LogP) is 4.25. The van der Waals surface area contributed by atoms with E-state index in [1.165, 1.54) is 14.2 Å². The molecule has 0 atom stereocenters. The summed E-state index contributed by atoms with van der Waals surface area (Å²) in [4.78, 5) is 8.68. The van der Waals surface area contributed by atoms with Crippen LogP contribution in [0.1, 0.15) is 37.0 Å². The molecule has 3 N–H and O–H groups in total. The molecule has 0 bridgehead atoms. The molecule has 0 saturated carbocycles. The molecule has 1 aromatic carbocycles. The Hall–Kier alpha value is -4.18. The van der Waals surface area contributed by atoms with Crippen LogP contribution in [0, 0.1) is 0 Å². The summed E-state index contributed by atoms with van der Waals surface area (Å²) in [7, 11) is 3.08. The number of rotatable bonds is 11. The van der Waals surface area contributed by atoms with E-state index >= 15 is 0 Å². The van der Waals surface area contributed by atoms with Gasteiger partial charge >= 0.3 is 0 Å². The van der Waals surface area contributed by atoms with Crippen LogP contribution in [0.3, 0.4) is 0 Å². The molecule has 4 aromatic rings. The number of unbranched alkanes of at least 4 members (excludes halogenated alkanes) is 1. The van der Waals surface area contributed by atoms with E-state index in [4.69, 9.17) is 13.9 Å². The number of hydrogen-bond acceptors (Lipinski definition) is 10. The molecule has 3 aromatic heterocycles. The van der Waals surface area contributed by atoms with E-state index in [1.54, 1.807) is 24.4 Å². The van der Waals surface area contributed by atoms with Crippen LogP contribution in [0.25, 0.3) is 22.6 Å². The fourth-order valence-electron chi connectivity index (χ4n) is 3.92. The summed E-state index contributed by atoms with van der Waals surface area (Å²) in [6.07, 6.45) is 3.97. The van der Waals surface area contributed by atoms with E-state index in [0.29, 0.717) is 41.3 Å².